The Labute approximate surface area is 79.4 Å². The molecule has 1 fully saturated rings. The fraction of sp³-hybridized carbons (Fsp3) is 0.500. The van der Waals surface area contributed by atoms with E-state index in [2.05, 4.69) is 24.3 Å². The lowest BCUT2D eigenvalue weighted by Gasteiger charge is -2.06. The van der Waals surface area contributed by atoms with Gasteiger partial charge in [-0.05, 0) is 30.2 Å². The maximum Gasteiger partial charge on any atom is 0.0571 e. The third-order valence-electron chi connectivity index (χ3n) is 2.98. The van der Waals surface area contributed by atoms with Crippen LogP contribution in [0.15, 0.2) is 30.3 Å². The van der Waals surface area contributed by atoms with Crippen LogP contribution in [-0.2, 0) is 0 Å². The van der Waals surface area contributed by atoms with Crippen LogP contribution < -0.4 is 0 Å². The van der Waals surface area contributed by atoms with Gasteiger partial charge in [0.15, 0.2) is 0 Å². The van der Waals surface area contributed by atoms with Gasteiger partial charge >= 0.3 is 0 Å². The molecule has 2 rings (SSSR count). The van der Waals surface area contributed by atoms with Crippen molar-refractivity contribution < 1.29 is 5.11 Å². The van der Waals surface area contributed by atoms with Crippen molar-refractivity contribution in [2.24, 2.45) is 5.92 Å². The van der Waals surface area contributed by atoms with E-state index in [-0.39, 0.29) is 6.10 Å². The van der Waals surface area contributed by atoms with Gasteiger partial charge < -0.3 is 5.11 Å². The zero-order valence-electron chi connectivity index (χ0n) is 7.98. The number of aliphatic hydroxyl groups excluding tert-OH is 1. The van der Waals surface area contributed by atoms with Crippen LogP contribution in [0.4, 0.5) is 0 Å². The Balaban J connectivity index is 2.00. The molecule has 0 unspecified atom stereocenters. The highest BCUT2D eigenvalue weighted by molar-refractivity contribution is 5.26. The summed E-state index contributed by atoms with van der Waals surface area (Å²) in [4.78, 5) is 0. The molecule has 1 N–H and O–H groups in total. The summed E-state index contributed by atoms with van der Waals surface area (Å²) in [7, 11) is 0. The Hall–Kier alpha value is -0.820. The quantitative estimate of drug-likeness (QED) is 0.750. The van der Waals surface area contributed by atoms with Crippen molar-refractivity contribution >= 4 is 0 Å². The molecule has 0 saturated heterocycles. The molecule has 1 nitrogen and oxygen atoms in total. The van der Waals surface area contributed by atoms with Crippen molar-refractivity contribution in [1.29, 1.82) is 0 Å². The molecule has 13 heavy (non-hydrogen) atoms. The van der Waals surface area contributed by atoms with Crippen LogP contribution in [0.5, 0.6) is 0 Å². The maximum absolute atomic E-state index is 9.63. The van der Waals surface area contributed by atoms with Crippen molar-refractivity contribution in [3.63, 3.8) is 0 Å². The molecule has 70 valence electrons. The number of hydrogen-bond donors (Lipinski definition) is 1. The summed E-state index contributed by atoms with van der Waals surface area (Å²) in [5.41, 5.74) is 1.39. The number of hydrogen-bond acceptors (Lipinski definition) is 1. The second-order valence-corrected chi connectivity index (χ2v) is 3.89. The molecule has 1 aromatic rings. The SMILES string of the molecule is CC[C@@H](O)[C@@H]1C[C@H]1c1ccccc1. The van der Waals surface area contributed by atoms with Crippen molar-refractivity contribution in [2.75, 3.05) is 0 Å². The summed E-state index contributed by atoms with van der Waals surface area (Å²) in [6.45, 7) is 2.05. The number of benzene rings is 1. The predicted octanol–water partition coefficient (Wildman–Crippen LogP) is 2.56. The van der Waals surface area contributed by atoms with Crippen LogP contribution in [-0.4, -0.2) is 11.2 Å². The molecule has 0 radical (unpaired) electrons. The molecule has 0 bridgehead atoms. The Morgan fingerprint density at radius 2 is 2.08 bits per heavy atom. The molecular formula is C12H16O. The highest BCUT2D eigenvalue weighted by atomic mass is 16.3. The van der Waals surface area contributed by atoms with Crippen LogP contribution in [0.3, 0.4) is 0 Å². The van der Waals surface area contributed by atoms with Gasteiger partial charge in [0.05, 0.1) is 6.10 Å². The molecule has 1 aliphatic rings. The van der Waals surface area contributed by atoms with Crippen LogP contribution in [0.2, 0.25) is 0 Å². The summed E-state index contributed by atoms with van der Waals surface area (Å²) < 4.78 is 0. The van der Waals surface area contributed by atoms with Gasteiger partial charge in [0.2, 0.25) is 0 Å². The van der Waals surface area contributed by atoms with Gasteiger partial charge in [0.1, 0.15) is 0 Å². The molecule has 0 aliphatic heterocycles. The zero-order chi connectivity index (χ0) is 9.26. The second kappa shape index (κ2) is 3.51. The van der Waals surface area contributed by atoms with Crippen molar-refractivity contribution in [2.45, 2.75) is 31.8 Å². The molecule has 1 saturated carbocycles. The first-order chi connectivity index (χ1) is 6.33. The normalized spacial score (nSPS) is 28.5. The maximum atomic E-state index is 9.63. The smallest absolute Gasteiger partial charge is 0.0571 e. The van der Waals surface area contributed by atoms with Gasteiger partial charge in [-0.3, -0.25) is 0 Å². The molecule has 1 aliphatic carbocycles. The molecule has 0 aromatic heterocycles. The number of rotatable bonds is 3. The van der Waals surface area contributed by atoms with Crippen LogP contribution >= 0.6 is 0 Å². The summed E-state index contributed by atoms with van der Waals surface area (Å²) in [6, 6.07) is 10.5. The molecule has 0 heterocycles. The first-order valence-corrected chi connectivity index (χ1v) is 5.06. The Bertz CT molecular complexity index is 268. The van der Waals surface area contributed by atoms with E-state index in [4.69, 9.17) is 0 Å². The van der Waals surface area contributed by atoms with Crippen LogP contribution in [0.1, 0.15) is 31.2 Å². The standard InChI is InChI=1S/C12H16O/c1-2-12(13)11-8-10(11)9-6-4-3-5-7-9/h3-7,10-13H,2,8H2,1H3/t10-,11+,12+/m0/s1. The Morgan fingerprint density at radius 1 is 1.38 bits per heavy atom. The molecule has 1 heteroatoms. The second-order valence-electron chi connectivity index (χ2n) is 3.89. The van der Waals surface area contributed by atoms with E-state index in [0.717, 1.165) is 6.42 Å². The fourth-order valence-corrected chi connectivity index (χ4v) is 2.03. The van der Waals surface area contributed by atoms with Gasteiger partial charge in [-0.1, -0.05) is 37.3 Å². The van der Waals surface area contributed by atoms with Gasteiger partial charge in [0.25, 0.3) is 0 Å². The Morgan fingerprint density at radius 3 is 2.69 bits per heavy atom. The van der Waals surface area contributed by atoms with Crippen LogP contribution in [0.25, 0.3) is 0 Å². The largest absolute Gasteiger partial charge is 0.393 e. The monoisotopic (exact) mass is 176 g/mol. The topological polar surface area (TPSA) is 20.2 Å². The Kier molecular flexibility index (Phi) is 2.36. The van der Waals surface area contributed by atoms with E-state index < -0.39 is 0 Å². The van der Waals surface area contributed by atoms with Crippen molar-refractivity contribution in [3.8, 4) is 0 Å². The number of aliphatic hydroxyl groups is 1. The minimum Gasteiger partial charge on any atom is -0.393 e. The van der Waals surface area contributed by atoms with E-state index in [1.807, 2.05) is 13.0 Å². The average Bonchev–Trinajstić information content (AvgIpc) is 2.98. The van der Waals surface area contributed by atoms with Crippen molar-refractivity contribution in [3.05, 3.63) is 35.9 Å². The van der Waals surface area contributed by atoms with Gasteiger partial charge in [-0.15, -0.1) is 0 Å². The van der Waals surface area contributed by atoms with Crippen molar-refractivity contribution in [1.82, 2.24) is 0 Å². The first-order valence-electron chi connectivity index (χ1n) is 5.06. The van der Waals surface area contributed by atoms with E-state index >= 15 is 0 Å². The van der Waals surface area contributed by atoms with Gasteiger partial charge in [-0.25, -0.2) is 0 Å². The zero-order valence-corrected chi connectivity index (χ0v) is 7.98. The molecule has 0 amide bonds. The van der Waals surface area contributed by atoms with Gasteiger partial charge in [0, 0.05) is 0 Å². The van der Waals surface area contributed by atoms with E-state index in [0.29, 0.717) is 11.8 Å². The average molecular weight is 176 g/mol. The highest BCUT2D eigenvalue weighted by Crippen LogP contribution is 2.49. The highest BCUT2D eigenvalue weighted by Gasteiger charge is 2.42. The minimum absolute atomic E-state index is 0.0924. The summed E-state index contributed by atoms with van der Waals surface area (Å²) in [6.07, 6.45) is 1.96. The third-order valence-corrected chi connectivity index (χ3v) is 2.98. The summed E-state index contributed by atoms with van der Waals surface area (Å²) in [5.74, 6) is 1.14. The first kappa shape index (κ1) is 8.76. The molecule has 3 atom stereocenters. The molecule has 0 spiro atoms. The molecular weight excluding hydrogens is 160 g/mol. The van der Waals surface area contributed by atoms with E-state index in [1.165, 1.54) is 12.0 Å². The van der Waals surface area contributed by atoms with Gasteiger partial charge in [-0.2, -0.15) is 0 Å². The van der Waals surface area contributed by atoms with E-state index in [1.54, 1.807) is 0 Å². The fourth-order valence-electron chi connectivity index (χ4n) is 2.03. The molecule has 1 aromatic carbocycles. The van der Waals surface area contributed by atoms with Crippen LogP contribution in [0, 0.1) is 5.92 Å². The minimum atomic E-state index is -0.0924. The lowest BCUT2D eigenvalue weighted by molar-refractivity contribution is 0.145. The van der Waals surface area contributed by atoms with E-state index in [9.17, 15) is 5.11 Å². The summed E-state index contributed by atoms with van der Waals surface area (Å²) in [5, 5.41) is 9.63. The lowest BCUT2D eigenvalue weighted by atomic mass is 10.1. The predicted molar refractivity (Wildman–Crippen MR) is 53.6 cm³/mol. The lowest BCUT2D eigenvalue weighted by Crippen LogP contribution is -2.07. The third kappa shape index (κ3) is 1.75. The summed E-state index contributed by atoms with van der Waals surface area (Å²) >= 11 is 0.